The van der Waals surface area contributed by atoms with Crippen LogP contribution in [0.4, 0.5) is 0 Å². The first-order valence-electron chi connectivity index (χ1n) is 7.94. The highest BCUT2D eigenvalue weighted by Gasteiger charge is 2.71. The van der Waals surface area contributed by atoms with Crippen molar-refractivity contribution in [3.8, 4) is 0 Å². The van der Waals surface area contributed by atoms with E-state index in [1.165, 1.54) is 7.11 Å². The molecule has 0 aromatic heterocycles. The lowest BCUT2D eigenvalue weighted by molar-refractivity contribution is -0.145. The molecule has 2 rings (SSSR count). The van der Waals surface area contributed by atoms with E-state index in [2.05, 4.69) is 4.72 Å². The maximum atomic E-state index is 13.2. The molecule has 3 unspecified atom stereocenters. The van der Waals surface area contributed by atoms with E-state index in [-0.39, 0.29) is 11.7 Å². The Morgan fingerprint density at radius 1 is 1.35 bits per heavy atom. The zero-order chi connectivity index (χ0) is 17.8. The minimum absolute atomic E-state index is 0.0813. The Balaban J connectivity index is 2.46. The number of nitrogens with one attached hydrogen (secondary N) is 1. The molecule has 1 N–H and O–H groups in total. The third-order valence-electron chi connectivity index (χ3n) is 5.82. The lowest BCUT2D eigenvalue weighted by atomic mass is 9.81. The molecule has 0 amide bonds. The molecule has 6 nitrogen and oxygen atoms in total. The van der Waals surface area contributed by atoms with E-state index in [0.717, 1.165) is 6.42 Å². The van der Waals surface area contributed by atoms with E-state index in [1.807, 2.05) is 13.8 Å². The fourth-order valence-electron chi connectivity index (χ4n) is 4.22. The quantitative estimate of drug-likeness (QED) is 0.782. The lowest BCUT2D eigenvalue weighted by Gasteiger charge is -2.38. The van der Waals surface area contributed by atoms with Gasteiger partial charge in [0.2, 0.25) is 10.0 Å². The molecule has 2 aliphatic rings. The molecule has 2 fully saturated rings. The average molecular weight is 345 g/mol. The molecule has 0 saturated heterocycles. The summed E-state index contributed by atoms with van der Waals surface area (Å²) in [5.74, 6) is -0.795. The van der Waals surface area contributed by atoms with Crippen molar-refractivity contribution in [2.24, 2.45) is 16.7 Å². The van der Waals surface area contributed by atoms with Crippen LogP contribution in [0.2, 0.25) is 0 Å². The van der Waals surface area contributed by atoms with Crippen LogP contribution in [-0.4, -0.2) is 38.1 Å². The van der Waals surface area contributed by atoms with Gasteiger partial charge in [-0.3, -0.25) is 9.59 Å². The summed E-state index contributed by atoms with van der Waals surface area (Å²) in [6.45, 7) is 8.97. The standard InChI is InChI=1S/C16H27NO5S/c1-14(2,3)12(13(19)22-6)17-23(20,21)16-8-7-10(9-11(16)18)15(16,4)5/h10,12,17H,7-9H2,1-6H3. The topological polar surface area (TPSA) is 89.5 Å². The Labute approximate surface area is 138 Å². The molecule has 0 aromatic rings. The van der Waals surface area contributed by atoms with Gasteiger partial charge < -0.3 is 4.74 Å². The predicted octanol–water partition coefficient (Wildman–Crippen LogP) is 1.64. The third kappa shape index (κ3) is 2.43. The fraction of sp³-hybridized carbons (Fsp3) is 0.875. The second kappa shape index (κ2) is 5.28. The number of carbonyl (C=O) groups is 2. The van der Waals surface area contributed by atoms with Crippen LogP contribution in [0.25, 0.3) is 0 Å². The van der Waals surface area contributed by atoms with Crippen molar-refractivity contribution >= 4 is 21.8 Å². The molecule has 2 aliphatic carbocycles. The van der Waals surface area contributed by atoms with Gasteiger partial charge in [-0.1, -0.05) is 34.6 Å². The molecule has 0 spiro atoms. The second-order valence-corrected chi connectivity index (χ2v) is 10.3. The van der Waals surface area contributed by atoms with Gasteiger partial charge in [0.15, 0.2) is 5.78 Å². The van der Waals surface area contributed by atoms with Gasteiger partial charge in [-0.2, -0.15) is 4.72 Å². The fourth-order valence-corrected chi connectivity index (χ4v) is 6.81. The van der Waals surface area contributed by atoms with Crippen molar-refractivity contribution in [3.05, 3.63) is 0 Å². The number of sulfonamides is 1. The van der Waals surface area contributed by atoms with Crippen LogP contribution in [0.3, 0.4) is 0 Å². The van der Waals surface area contributed by atoms with E-state index in [9.17, 15) is 18.0 Å². The van der Waals surface area contributed by atoms with Gasteiger partial charge in [0.1, 0.15) is 10.8 Å². The van der Waals surface area contributed by atoms with Gasteiger partial charge >= 0.3 is 5.97 Å². The highest BCUT2D eigenvalue weighted by molar-refractivity contribution is 7.91. The van der Waals surface area contributed by atoms with Crippen LogP contribution >= 0.6 is 0 Å². The highest BCUT2D eigenvalue weighted by atomic mass is 32.2. The Morgan fingerprint density at radius 3 is 2.26 bits per heavy atom. The number of hydrogen-bond acceptors (Lipinski definition) is 5. The van der Waals surface area contributed by atoms with Crippen molar-refractivity contribution < 1.29 is 22.7 Å². The minimum Gasteiger partial charge on any atom is -0.468 e. The Kier molecular flexibility index (Phi) is 4.22. The van der Waals surface area contributed by atoms with Gasteiger partial charge in [0.05, 0.1) is 7.11 Å². The van der Waals surface area contributed by atoms with Crippen molar-refractivity contribution in [1.82, 2.24) is 4.72 Å². The first-order valence-corrected chi connectivity index (χ1v) is 9.42. The number of Topliss-reactive ketones (excluding diaryl/α,β-unsaturated/α-hetero) is 1. The van der Waals surface area contributed by atoms with Crippen LogP contribution < -0.4 is 4.72 Å². The molecular weight excluding hydrogens is 318 g/mol. The summed E-state index contributed by atoms with van der Waals surface area (Å²) < 4.78 is 32.2. The summed E-state index contributed by atoms with van der Waals surface area (Å²) in [4.78, 5) is 24.6. The van der Waals surface area contributed by atoms with Crippen LogP contribution in [0.5, 0.6) is 0 Å². The summed E-state index contributed by atoms with van der Waals surface area (Å²) in [5.41, 5.74) is -1.30. The van der Waals surface area contributed by atoms with Gasteiger partial charge in [-0.15, -0.1) is 0 Å². The van der Waals surface area contributed by atoms with Gasteiger partial charge in [-0.05, 0) is 29.6 Å². The summed E-state index contributed by atoms with van der Waals surface area (Å²) in [6.07, 6.45) is 1.33. The number of hydrogen-bond donors (Lipinski definition) is 1. The van der Waals surface area contributed by atoms with E-state index < -0.39 is 37.6 Å². The average Bonchev–Trinajstić information content (AvgIpc) is 2.78. The van der Waals surface area contributed by atoms with Crippen LogP contribution in [0, 0.1) is 16.7 Å². The van der Waals surface area contributed by atoms with Crippen molar-refractivity contribution in [1.29, 1.82) is 0 Å². The minimum atomic E-state index is -4.02. The van der Waals surface area contributed by atoms with Crippen LogP contribution in [-0.2, 0) is 24.3 Å². The van der Waals surface area contributed by atoms with Crippen LogP contribution in [0.1, 0.15) is 53.9 Å². The zero-order valence-electron chi connectivity index (χ0n) is 14.7. The van der Waals surface area contributed by atoms with Crippen molar-refractivity contribution in [2.75, 3.05) is 7.11 Å². The smallest absolute Gasteiger partial charge is 0.324 e. The molecule has 132 valence electrons. The van der Waals surface area contributed by atoms with Crippen molar-refractivity contribution in [3.63, 3.8) is 0 Å². The molecule has 0 heterocycles. The number of ketones is 1. The SMILES string of the molecule is COC(=O)C(NS(=O)(=O)C12CCC(CC1=O)C2(C)C)C(C)(C)C. The van der Waals surface area contributed by atoms with E-state index in [1.54, 1.807) is 20.8 Å². The molecule has 2 saturated carbocycles. The number of carbonyl (C=O) groups excluding carboxylic acids is 2. The molecule has 0 aliphatic heterocycles. The van der Waals surface area contributed by atoms with E-state index >= 15 is 0 Å². The molecule has 0 aromatic carbocycles. The summed E-state index contributed by atoms with van der Waals surface area (Å²) in [5, 5.41) is 0. The molecule has 23 heavy (non-hydrogen) atoms. The summed E-state index contributed by atoms with van der Waals surface area (Å²) in [6, 6.07) is -1.03. The number of fused-ring (bicyclic) bond motifs is 2. The predicted molar refractivity (Wildman–Crippen MR) is 86.2 cm³/mol. The molecular formula is C16H27NO5S. The molecule has 7 heteroatoms. The first kappa shape index (κ1) is 18.4. The monoisotopic (exact) mass is 345 g/mol. The van der Waals surface area contributed by atoms with Gasteiger partial charge in [0.25, 0.3) is 0 Å². The van der Waals surface area contributed by atoms with E-state index in [4.69, 9.17) is 4.74 Å². The Morgan fingerprint density at radius 2 is 1.91 bits per heavy atom. The zero-order valence-corrected chi connectivity index (χ0v) is 15.5. The normalized spacial score (nSPS) is 31.2. The Bertz CT molecular complexity index is 631. The number of esters is 1. The summed E-state index contributed by atoms with van der Waals surface area (Å²) in [7, 11) is -2.80. The maximum Gasteiger partial charge on any atom is 0.324 e. The number of rotatable bonds is 4. The lowest BCUT2D eigenvalue weighted by Crippen LogP contribution is -2.60. The van der Waals surface area contributed by atoms with Crippen LogP contribution in [0.15, 0.2) is 0 Å². The molecule has 3 atom stereocenters. The largest absolute Gasteiger partial charge is 0.468 e. The Hall–Kier alpha value is -0.950. The highest BCUT2D eigenvalue weighted by Crippen LogP contribution is 2.61. The van der Waals surface area contributed by atoms with E-state index in [0.29, 0.717) is 12.8 Å². The summed E-state index contributed by atoms with van der Waals surface area (Å²) >= 11 is 0. The van der Waals surface area contributed by atoms with Crippen molar-refractivity contribution in [2.45, 2.75) is 64.7 Å². The van der Waals surface area contributed by atoms with Gasteiger partial charge in [0, 0.05) is 6.42 Å². The maximum absolute atomic E-state index is 13.2. The number of methoxy groups -OCH3 is 1. The van der Waals surface area contributed by atoms with Gasteiger partial charge in [-0.25, -0.2) is 8.42 Å². The molecule has 2 bridgehead atoms. The molecule has 0 radical (unpaired) electrons. The third-order valence-corrected chi connectivity index (χ3v) is 8.24. The number of ether oxygens (including phenoxy) is 1. The first-order chi connectivity index (χ1) is 10.3. The second-order valence-electron chi connectivity index (χ2n) is 8.36.